The van der Waals surface area contributed by atoms with E-state index in [0.29, 0.717) is 24.3 Å². The Hall–Kier alpha value is -2.89. The molecule has 1 amide bonds. The van der Waals surface area contributed by atoms with Gasteiger partial charge < -0.3 is 24.2 Å². The van der Waals surface area contributed by atoms with Gasteiger partial charge in [-0.25, -0.2) is 9.37 Å². The van der Waals surface area contributed by atoms with Gasteiger partial charge in [0.25, 0.3) is 11.8 Å². The summed E-state index contributed by atoms with van der Waals surface area (Å²) in [7, 11) is 3.91. The van der Waals surface area contributed by atoms with Gasteiger partial charge in [-0.05, 0) is 77.7 Å². The number of aromatic nitrogens is 3. The third-order valence-corrected chi connectivity index (χ3v) is 8.95. The van der Waals surface area contributed by atoms with Gasteiger partial charge in [-0.1, -0.05) is 13.8 Å². The SMILES string of the molecule is CCN(C(=O)c1cc(F)ccc1Oc1nncnc1N1CCC2(C1)CN(C(CCCN(C)CCOC)C(C)C)C2)C(C)C. The molecule has 1 unspecified atom stereocenters. The number of carbonyl (C=O) groups excluding carboxylic acids is 1. The van der Waals surface area contributed by atoms with E-state index in [4.69, 9.17) is 9.47 Å². The molecule has 0 radical (unpaired) electrons. The fraction of sp³-hybridized carbons (Fsp3) is 0.688. The molecule has 2 fully saturated rings. The number of likely N-dealkylation sites (N-methyl/N-ethyl adjacent to an activating group) is 1. The summed E-state index contributed by atoms with van der Waals surface area (Å²) in [5, 5.41) is 8.21. The van der Waals surface area contributed by atoms with Crippen molar-refractivity contribution in [3.63, 3.8) is 0 Å². The van der Waals surface area contributed by atoms with Crippen molar-refractivity contribution in [2.45, 2.75) is 66.0 Å². The van der Waals surface area contributed by atoms with Crippen LogP contribution in [-0.2, 0) is 4.74 Å². The molecule has 238 valence electrons. The highest BCUT2D eigenvalue weighted by atomic mass is 19.1. The second-order valence-electron chi connectivity index (χ2n) is 12.8. The number of ether oxygens (including phenoxy) is 2. The molecule has 43 heavy (non-hydrogen) atoms. The molecule has 0 N–H and O–H groups in total. The van der Waals surface area contributed by atoms with Crippen molar-refractivity contribution in [2.75, 3.05) is 71.5 Å². The van der Waals surface area contributed by atoms with Gasteiger partial charge in [0.15, 0.2) is 5.82 Å². The van der Waals surface area contributed by atoms with E-state index in [-0.39, 0.29) is 34.6 Å². The molecule has 0 aliphatic carbocycles. The third kappa shape index (κ3) is 7.99. The van der Waals surface area contributed by atoms with Crippen LogP contribution in [0.4, 0.5) is 10.2 Å². The molecule has 0 saturated carbocycles. The van der Waals surface area contributed by atoms with Gasteiger partial charge >= 0.3 is 0 Å². The van der Waals surface area contributed by atoms with Crippen LogP contribution >= 0.6 is 0 Å². The number of anilines is 1. The number of benzene rings is 1. The minimum Gasteiger partial charge on any atom is -0.434 e. The second kappa shape index (κ2) is 14.7. The van der Waals surface area contributed by atoms with Gasteiger partial charge in [0.1, 0.15) is 17.9 Å². The lowest BCUT2D eigenvalue weighted by atomic mass is 9.76. The number of likely N-dealkylation sites (tertiary alicyclic amines) is 1. The molecule has 10 nitrogen and oxygen atoms in total. The van der Waals surface area contributed by atoms with Gasteiger partial charge in [0.2, 0.25) is 0 Å². The Kier molecular flexibility index (Phi) is 11.3. The number of halogens is 1. The van der Waals surface area contributed by atoms with E-state index < -0.39 is 5.82 Å². The molecule has 3 heterocycles. The molecular weight excluding hydrogens is 549 g/mol. The minimum absolute atomic E-state index is 0.0391. The van der Waals surface area contributed by atoms with Crippen LogP contribution in [0.3, 0.4) is 0 Å². The zero-order valence-corrected chi connectivity index (χ0v) is 27.1. The summed E-state index contributed by atoms with van der Waals surface area (Å²) in [5.41, 5.74) is 0.366. The highest BCUT2D eigenvalue weighted by Crippen LogP contribution is 2.44. The van der Waals surface area contributed by atoms with Crippen molar-refractivity contribution in [3.05, 3.63) is 35.9 Å². The third-order valence-electron chi connectivity index (χ3n) is 8.95. The number of carbonyl (C=O) groups is 1. The fourth-order valence-electron chi connectivity index (χ4n) is 6.59. The van der Waals surface area contributed by atoms with E-state index in [1.807, 2.05) is 20.8 Å². The van der Waals surface area contributed by atoms with Gasteiger partial charge in [0.05, 0.1) is 12.2 Å². The Labute approximate surface area is 256 Å². The topological polar surface area (TPSA) is 87.2 Å². The normalized spacial score (nSPS) is 17.2. The van der Waals surface area contributed by atoms with Crippen LogP contribution in [0.2, 0.25) is 0 Å². The molecule has 0 bridgehead atoms. The molecular formula is C32H50FN7O3. The predicted molar refractivity (Wildman–Crippen MR) is 166 cm³/mol. The Balaban J connectivity index is 1.42. The number of amides is 1. The van der Waals surface area contributed by atoms with Crippen LogP contribution < -0.4 is 9.64 Å². The molecule has 1 aromatic heterocycles. The highest BCUT2D eigenvalue weighted by Gasteiger charge is 2.50. The van der Waals surface area contributed by atoms with E-state index in [0.717, 1.165) is 52.3 Å². The first-order valence-electron chi connectivity index (χ1n) is 15.7. The van der Waals surface area contributed by atoms with Crippen LogP contribution in [0.15, 0.2) is 24.5 Å². The lowest BCUT2D eigenvalue weighted by Gasteiger charge is -2.53. The molecule has 1 aromatic carbocycles. The van der Waals surface area contributed by atoms with Crippen LogP contribution in [0, 0.1) is 17.2 Å². The molecule has 1 spiro atoms. The number of hydrogen-bond acceptors (Lipinski definition) is 9. The monoisotopic (exact) mass is 599 g/mol. The molecule has 11 heteroatoms. The summed E-state index contributed by atoms with van der Waals surface area (Å²) in [6.07, 6.45) is 4.85. The van der Waals surface area contributed by atoms with E-state index in [1.54, 1.807) is 12.0 Å². The van der Waals surface area contributed by atoms with E-state index in [2.05, 4.69) is 50.8 Å². The largest absolute Gasteiger partial charge is 0.434 e. The van der Waals surface area contributed by atoms with Crippen molar-refractivity contribution in [2.24, 2.45) is 11.3 Å². The molecule has 2 aliphatic rings. The summed E-state index contributed by atoms with van der Waals surface area (Å²) < 4.78 is 25.7. The van der Waals surface area contributed by atoms with E-state index in [1.165, 1.54) is 37.4 Å². The number of nitrogens with zero attached hydrogens (tertiary/aromatic N) is 7. The highest BCUT2D eigenvalue weighted by molar-refractivity contribution is 5.97. The molecule has 2 aromatic rings. The van der Waals surface area contributed by atoms with Crippen LogP contribution in [0.5, 0.6) is 11.6 Å². The van der Waals surface area contributed by atoms with Crippen molar-refractivity contribution in [1.82, 2.24) is 29.9 Å². The Morgan fingerprint density at radius 3 is 2.60 bits per heavy atom. The van der Waals surface area contributed by atoms with Crippen molar-refractivity contribution < 1.29 is 18.7 Å². The summed E-state index contributed by atoms with van der Waals surface area (Å²) in [4.78, 5) is 26.8. The summed E-state index contributed by atoms with van der Waals surface area (Å²) in [6.45, 7) is 17.6. The van der Waals surface area contributed by atoms with E-state index in [9.17, 15) is 9.18 Å². The van der Waals surface area contributed by atoms with Gasteiger partial charge in [-0.3, -0.25) is 9.69 Å². The van der Waals surface area contributed by atoms with Gasteiger partial charge in [-0.15, -0.1) is 10.2 Å². The second-order valence-corrected chi connectivity index (χ2v) is 12.8. The van der Waals surface area contributed by atoms with Crippen LogP contribution in [0.1, 0.15) is 64.2 Å². The number of hydrogen-bond donors (Lipinski definition) is 0. The van der Waals surface area contributed by atoms with Crippen molar-refractivity contribution in [1.29, 1.82) is 0 Å². The van der Waals surface area contributed by atoms with Crippen LogP contribution in [-0.4, -0.2) is 114 Å². The standard InChI is InChI=1S/C32H50FN7O3/c1-8-40(24(4)5)31(41)26-18-25(33)11-12-28(26)43-30-29(34-22-35-36-30)38-15-13-32(19-38)20-39(21-32)27(23(2)3)10-9-14-37(6)16-17-42-7/h11-12,18,22-24,27H,8-10,13-17,19-21H2,1-7H3. The van der Waals surface area contributed by atoms with Crippen molar-refractivity contribution >= 4 is 11.7 Å². The molecule has 1 atom stereocenters. The van der Waals surface area contributed by atoms with Gasteiger partial charge in [0, 0.05) is 63.9 Å². The number of rotatable bonds is 15. The molecule has 2 aliphatic heterocycles. The Morgan fingerprint density at radius 1 is 1.16 bits per heavy atom. The first-order valence-corrected chi connectivity index (χ1v) is 15.7. The van der Waals surface area contributed by atoms with E-state index >= 15 is 0 Å². The maximum Gasteiger partial charge on any atom is 0.282 e. The summed E-state index contributed by atoms with van der Waals surface area (Å²) >= 11 is 0. The van der Waals surface area contributed by atoms with Crippen LogP contribution in [0.25, 0.3) is 0 Å². The molecule has 4 rings (SSSR count). The first-order chi connectivity index (χ1) is 20.6. The number of methoxy groups -OCH3 is 1. The summed E-state index contributed by atoms with van der Waals surface area (Å²) in [5.74, 6) is 0.871. The lowest BCUT2D eigenvalue weighted by molar-refractivity contribution is -0.0345. The van der Waals surface area contributed by atoms with Crippen molar-refractivity contribution in [3.8, 4) is 11.6 Å². The first kappa shape index (κ1) is 33.0. The lowest BCUT2D eigenvalue weighted by Crippen LogP contribution is -2.62. The summed E-state index contributed by atoms with van der Waals surface area (Å²) in [6, 6.07) is 4.52. The Morgan fingerprint density at radius 2 is 1.93 bits per heavy atom. The minimum atomic E-state index is -0.498. The fourth-order valence-corrected chi connectivity index (χ4v) is 6.59. The maximum atomic E-state index is 14.3. The predicted octanol–water partition coefficient (Wildman–Crippen LogP) is 4.57. The smallest absolute Gasteiger partial charge is 0.282 e. The Bertz CT molecular complexity index is 1210. The maximum absolute atomic E-state index is 14.3. The average Bonchev–Trinajstić information content (AvgIpc) is 3.40. The zero-order valence-electron chi connectivity index (χ0n) is 27.1. The molecule has 2 saturated heterocycles. The quantitative estimate of drug-likeness (QED) is 0.292. The average molecular weight is 600 g/mol. The zero-order chi connectivity index (χ0) is 31.1. The van der Waals surface area contributed by atoms with Gasteiger partial charge in [-0.2, -0.15) is 0 Å².